The predicted octanol–water partition coefficient (Wildman–Crippen LogP) is 3.25. The highest BCUT2D eigenvalue weighted by Gasteiger charge is 2.22. The van der Waals surface area contributed by atoms with E-state index in [2.05, 4.69) is 17.6 Å². The molecule has 4 heteroatoms. The van der Waals surface area contributed by atoms with Gasteiger partial charge in [0, 0.05) is 12.6 Å². The summed E-state index contributed by atoms with van der Waals surface area (Å²) in [5.74, 6) is 0.320. The number of hydrogen-bond acceptors (Lipinski definition) is 1. The summed E-state index contributed by atoms with van der Waals surface area (Å²) >= 11 is 0. The second kappa shape index (κ2) is 7.27. The second-order valence-electron chi connectivity index (χ2n) is 5.65. The Morgan fingerprint density at radius 3 is 2.90 bits per heavy atom. The highest BCUT2D eigenvalue weighted by molar-refractivity contribution is 5.74. The Labute approximate surface area is 120 Å². The second-order valence-corrected chi connectivity index (χ2v) is 5.65. The van der Waals surface area contributed by atoms with Crippen LogP contribution in [0.5, 0.6) is 0 Å². The van der Waals surface area contributed by atoms with E-state index in [1.807, 2.05) is 6.07 Å². The molecule has 0 saturated heterocycles. The fourth-order valence-corrected chi connectivity index (χ4v) is 2.76. The van der Waals surface area contributed by atoms with Gasteiger partial charge >= 0.3 is 6.03 Å². The number of amides is 2. The molecule has 0 heterocycles. The Hall–Kier alpha value is -1.58. The molecule has 0 bridgehead atoms. The van der Waals surface area contributed by atoms with Crippen molar-refractivity contribution in [1.29, 1.82) is 0 Å². The van der Waals surface area contributed by atoms with Crippen molar-refractivity contribution < 1.29 is 9.18 Å². The zero-order valence-corrected chi connectivity index (χ0v) is 12.0. The summed E-state index contributed by atoms with van der Waals surface area (Å²) in [4.78, 5) is 11.8. The first-order valence-electron chi connectivity index (χ1n) is 7.44. The Balaban J connectivity index is 1.70. The fraction of sp³-hybridized carbons (Fsp3) is 0.562. The first kappa shape index (κ1) is 14.8. The first-order valence-corrected chi connectivity index (χ1v) is 7.44. The molecule has 2 N–H and O–H groups in total. The van der Waals surface area contributed by atoms with E-state index in [1.54, 1.807) is 6.07 Å². The minimum Gasteiger partial charge on any atom is -0.338 e. The SMILES string of the molecule is C[C@H]1CCCC[C@H]1NC(=O)NCCc1cccc(F)c1. The van der Waals surface area contributed by atoms with E-state index in [0.29, 0.717) is 18.9 Å². The van der Waals surface area contributed by atoms with Gasteiger partial charge in [0.25, 0.3) is 0 Å². The monoisotopic (exact) mass is 278 g/mol. The molecule has 1 saturated carbocycles. The average molecular weight is 278 g/mol. The molecule has 0 radical (unpaired) electrons. The van der Waals surface area contributed by atoms with Gasteiger partial charge in [0.15, 0.2) is 0 Å². The van der Waals surface area contributed by atoms with Crippen molar-refractivity contribution in [3.63, 3.8) is 0 Å². The molecule has 1 fully saturated rings. The van der Waals surface area contributed by atoms with E-state index in [0.717, 1.165) is 12.0 Å². The van der Waals surface area contributed by atoms with E-state index in [4.69, 9.17) is 0 Å². The molecule has 1 aromatic rings. The van der Waals surface area contributed by atoms with Crippen LogP contribution < -0.4 is 10.6 Å². The van der Waals surface area contributed by atoms with Gasteiger partial charge in [-0.3, -0.25) is 0 Å². The van der Waals surface area contributed by atoms with Gasteiger partial charge in [-0.1, -0.05) is 31.9 Å². The Morgan fingerprint density at radius 1 is 1.35 bits per heavy atom. The van der Waals surface area contributed by atoms with Gasteiger partial charge in [-0.2, -0.15) is 0 Å². The number of urea groups is 1. The summed E-state index contributed by atoms with van der Waals surface area (Å²) in [7, 11) is 0. The average Bonchev–Trinajstić information content (AvgIpc) is 2.41. The lowest BCUT2D eigenvalue weighted by Crippen LogP contribution is -2.46. The van der Waals surface area contributed by atoms with E-state index in [-0.39, 0.29) is 17.9 Å². The number of nitrogens with one attached hydrogen (secondary N) is 2. The molecule has 3 nitrogen and oxygen atoms in total. The fourth-order valence-electron chi connectivity index (χ4n) is 2.76. The van der Waals surface area contributed by atoms with Gasteiger partial charge in [-0.05, 0) is 42.9 Å². The molecular weight excluding hydrogens is 255 g/mol. The van der Waals surface area contributed by atoms with Crippen LogP contribution in [0.3, 0.4) is 0 Å². The number of carbonyl (C=O) groups excluding carboxylic acids is 1. The standard InChI is InChI=1S/C16H23FN2O/c1-12-5-2-3-8-15(12)19-16(20)18-10-9-13-6-4-7-14(17)11-13/h4,6-7,11-12,15H,2-3,5,8-10H2,1H3,(H2,18,19,20)/t12-,15+/m0/s1. The van der Waals surface area contributed by atoms with E-state index >= 15 is 0 Å². The molecule has 2 rings (SSSR count). The van der Waals surface area contributed by atoms with E-state index in [9.17, 15) is 9.18 Å². The van der Waals surface area contributed by atoms with Crippen LogP contribution in [0.4, 0.5) is 9.18 Å². The minimum absolute atomic E-state index is 0.111. The molecule has 2 atom stereocenters. The quantitative estimate of drug-likeness (QED) is 0.872. The molecule has 0 unspecified atom stereocenters. The summed E-state index contributed by atoms with van der Waals surface area (Å²) in [6.45, 7) is 2.72. The third kappa shape index (κ3) is 4.51. The van der Waals surface area contributed by atoms with Crippen molar-refractivity contribution in [1.82, 2.24) is 10.6 Å². The molecule has 20 heavy (non-hydrogen) atoms. The lowest BCUT2D eigenvalue weighted by atomic mass is 9.86. The van der Waals surface area contributed by atoms with Crippen molar-refractivity contribution in [2.24, 2.45) is 5.92 Å². The van der Waals surface area contributed by atoms with Gasteiger partial charge in [0.05, 0.1) is 0 Å². The van der Waals surface area contributed by atoms with Crippen molar-refractivity contribution in [2.75, 3.05) is 6.54 Å². The Morgan fingerprint density at radius 2 is 2.15 bits per heavy atom. The van der Waals surface area contributed by atoms with Gasteiger partial charge in [0.2, 0.25) is 0 Å². The van der Waals surface area contributed by atoms with Gasteiger partial charge in [0.1, 0.15) is 5.82 Å². The van der Waals surface area contributed by atoms with Crippen LogP contribution >= 0.6 is 0 Å². The number of carbonyl (C=O) groups is 1. The maximum Gasteiger partial charge on any atom is 0.315 e. The number of halogens is 1. The topological polar surface area (TPSA) is 41.1 Å². The minimum atomic E-state index is -0.233. The van der Waals surface area contributed by atoms with Crippen LogP contribution in [0, 0.1) is 11.7 Å². The summed E-state index contributed by atoms with van der Waals surface area (Å²) in [5.41, 5.74) is 0.899. The van der Waals surface area contributed by atoms with Crippen molar-refractivity contribution >= 4 is 6.03 Å². The lowest BCUT2D eigenvalue weighted by molar-refractivity contribution is 0.222. The largest absolute Gasteiger partial charge is 0.338 e. The summed E-state index contributed by atoms with van der Waals surface area (Å²) < 4.78 is 13.0. The predicted molar refractivity (Wildman–Crippen MR) is 78.1 cm³/mol. The zero-order valence-electron chi connectivity index (χ0n) is 12.0. The molecule has 1 aromatic carbocycles. The number of rotatable bonds is 4. The van der Waals surface area contributed by atoms with Crippen molar-refractivity contribution in [2.45, 2.75) is 45.1 Å². The molecule has 0 aromatic heterocycles. The molecule has 1 aliphatic rings. The van der Waals surface area contributed by atoms with E-state index in [1.165, 1.54) is 31.4 Å². The summed E-state index contributed by atoms with van der Waals surface area (Å²) in [5, 5.41) is 5.89. The smallest absolute Gasteiger partial charge is 0.315 e. The molecular formula is C16H23FN2O. The Kier molecular flexibility index (Phi) is 5.39. The maximum absolute atomic E-state index is 13.0. The van der Waals surface area contributed by atoms with Crippen LogP contribution in [-0.2, 0) is 6.42 Å². The van der Waals surface area contributed by atoms with Crippen molar-refractivity contribution in [3.05, 3.63) is 35.6 Å². The molecule has 110 valence electrons. The lowest BCUT2D eigenvalue weighted by Gasteiger charge is -2.29. The molecule has 2 amide bonds. The van der Waals surface area contributed by atoms with E-state index < -0.39 is 0 Å². The zero-order chi connectivity index (χ0) is 14.4. The number of benzene rings is 1. The first-order chi connectivity index (χ1) is 9.65. The van der Waals surface area contributed by atoms with Crippen molar-refractivity contribution in [3.8, 4) is 0 Å². The normalized spacial score (nSPS) is 22.3. The third-order valence-electron chi connectivity index (χ3n) is 4.02. The third-order valence-corrected chi connectivity index (χ3v) is 4.02. The van der Waals surface area contributed by atoms with Crippen LogP contribution in [-0.4, -0.2) is 18.6 Å². The number of hydrogen-bond donors (Lipinski definition) is 2. The molecule has 0 aliphatic heterocycles. The molecule has 1 aliphatic carbocycles. The highest BCUT2D eigenvalue weighted by atomic mass is 19.1. The maximum atomic E-state index is 13.0. The highest BCUT2D eigenvalue weighted by Crippen LogP contribution is 2.23. The van der Waals surface area contributed by atoms with Crippen LogP contribution in [0.1, 0.15) is 38.2 Å². The van der Waals surface area contributed by atoms with Gasteiger partial charge in [-0.25, -0.2) is 9.18 Å². The van der Waals surface area contributed by atoms with Crippen LogP contribution in [0.25, 0.3) is 0 Å². The Bertz CT molecular complexity index is 450. The van der Waals surface area contributed by atoms with Crippen LogP contribution in [0.15, 0.2) is 24.3 Å². The van der Waals surface area contributed by atoms with Gasteiger partial charge in [-0.15, -0.1) is 0 Å². The van der Waals surface area contributed by atoms with Crippen LogP contribution in [0.2, 0.25) is 0 Å². The summed E-state index contributed by atoms with van der Waals surface area (Å²) in [6.07, 6.45) is 5.36. The molecule has 0 spiro atoms. The van der Waals surface area contributed by atoms with Gasteiger partial charge < -0.3 is 10.6 Å². The summed E-state index contributed by atoms with van der Waals surface area (Å²) in [6, 6.07) is 6.66.